The van der Waals surface area contributed by atoms with Crippen LogP contribution in [0.3, 0.4) is 0 Å². The Bertz CT molecular complexity index is 1970. The highest BCUT2D eigenvalue weighted by Crippen LogP contribution is 2.39. The summed E-state index contributed by atoms with van der Waals surface area (Å²) in [5.41, 5.74) is 9.45. The Kier molecular flexibility index (Phi) is 13.7. The summed E-state index contributed by atoms with van der Waals surface area (Å²) < 4.78 is 25.6. The molecule has 306 valence electrons. The average Bonchev–Trinajstić information content (AvgIpc) is 3.18. The summed E-state index contributed by atoms with van der Waals surface area (Å²) in [7, 11) is 0. The van der Waals surface area contributed by atoms with E-state index in [2.05, 4.69) is 29.4 Å². The van der Waals surface area contributed by atoms with E-state index < -0.39 is 6.03 Å². The van der Waals surface area contributed by atoms with Crippen LogP contribution in [0.2, 0.25) is 0 Å². The molecule has 13 nitrogen and oxygen atoms in total. The zero-order valence-electron chi connectivity index (χ0n) is 34.1. The third-order valence-electron chi connectivity index (χ3n) is 10.9. The summed E-state index contributed by atoms with van der Waals surface area (Å²) in [6.07, 6.45) is 10.5. The minimum atomic E-state index is -0.410. The monoisotopic (exact) mass is 780 g/mol. The van der Waals surface area contributed by atoms with Gasteiger partial charge in [-0.25, -0.2) is 9.79 Å². The molecule has 2 amide bonds. The van der Waals surface area contributed by atoms with Crippen molar-refractivity contribution in [3.05, 3.63) is 95.2 Å². The number of aliphatic imine (C=N–C) groups is 1. The van der Waals surface area contributed by atoms with Gasteiger partial charge in [0, 0.05) is 41.9 Å². The summed E-state index contributed by atoms with van der Waals surface area (Å²) >= 11 is 0. The number of carbonyl (C=O) groups excluding carboxylic acids is 1. The number of likely N-dealkylation sites (tertiary alicyclic amines) is 1. The number of aromatic nitrogens is 1. The summed E-state index contributed by atoms with van der Waals surface area (Å²) in [5, 5.41) is 23.7. The number of rotatable bonds is 10. The van der Waals surface area contributed by atoms with Crippen LogP contribution in [0.5, 0.6) is 11.5 Å². The number of pyridine rings is 1. The van der Waals surface area contributed by atoms with Gasteiger partial charge < -0.3 is 34.9 Å². The molecule has 3 aliphatic rings. The fourth-order valence-corrected chi connectivity index (χ4v) is 7.61. The number of fused-ring (bicyclic) bond motifs is 1. The lowest BCUT2D eigenvalue weighted by molar-refractivity contribution is -0.165. The number of hydrogen-bond donors (Lipinski definition) is 5. The molecule has 2 saturated heterocycles. The van der Waals surface area contributed by atoms with Gasteiger partial charge in [-0.15, -0.1) is 0 Å². The van der Waals surface area contributed by atoms with E-state index in [0.717, 1.165) is 56.3 Å². The lowest BCUT2D eigenvalue weighted by atomic mass is 9.85. The zero-order valence-corrected chi connectivity index (χ0v) is 34.1. The first kappa shape index (κ1) is 41.5. The second-order valence-electron chi connectivity index (χ2n) is 16.3. The number of piperidine rings is 1. The number of nitrogens with one attached hydrogen (secondary N) is 4. The molecular weight excluding hydrogens is 721 g/mol. The van der Waals surface area contributed by atoms with E-state index in [9.17, 15) is 4.79 Å². The van der Waals surface area contributed by atoms with Crippen molar-refractivity contribution in [3.8, 4) is 11.5 Å². The van der Waals surface area contributed by atoms with Gasteiger partial charge in [0.15, 0.2) is 6.29 Å². The Morgan fingerprint density at radius 2 is 1.72 bits per heavy atom. The maximum absolute atomic E-state index is 13.7. The maximum atomic E-state index is 13.7. The van der Waals surface area contributed by atoms with Crippen LogP contribution in [-0.2, 0) is 9.47 Å². The first-order valence-electron chi connectivity index (χ1n) is 20.4. The average molecular weight is 781 g/mol. The van der Waals surface area contributed by atoms with Crippen LogP contribution in [0.4, 0.5) is 10.5 Å². The lowest BCUT2D eigenvalue weighted by Crippen LogP contribution is -2.51. The molecule has 2 aromatic carbocycles. The van der Waals surface area contributed by atoms with Crippen LogP contribution in [0.15, 0.2) is 83.6 Å². The van der Waals surface area contributed by atoms with Gasteiger partial charge in [0.1, 0.15) is 35.5 Å². The van der Waals surface area contributed by atoms with Crippen molar-refractivity contribution < 1.29 is 23.7 Å². The van der Waals surface area contributed by atoms with Gasteiger partial charge in [0.2, 0.25) is 5.96 Å². The van der Waals surface area contributed by atoms with Crippen LogP contribution in [0.25, 0.3) is 0 Å². The number of amides is 2. The Hall–Kier alpha value is -5.14. The largest absolute Gasteiger partial charge is 0.491 e. The van der Waals surface area contributed by atoms with Crippen molar-refractivity contribution in [2.45, 2.75) is 117 Å². The van der Waals surface area contributed by atoms with E-state index in [0.29, 0.717) is 60.7 Å². The molecule has 6 N–H and O–H groups in total. The molecule has 1 aromatic heterocycles. The Morgan fingerprint density at radius 3 is 2.46 bits per heavy atom. The standard InChI is InChI=1S/C44H60N8O5/c1-29-12-10-13-30(2)52(29)42(47)51-28-33(19-22-39(51)46)57-37-21-20-36(34-16-6-7-17-35(34)37)49-43(53)50-40(27-38(45)44(3,4)5)48-31-14-11-15-32(26-31)54-24-25-56-41-18-8-9-23-55-41/h6-7,11,14-17,19,22,26-30,36-37,41,46-47H,8-10,12-13,18,20-21,23-25,45H2,1-5H3,(H2,48,49,50,53)/t29-,30+,36-,37+,41?/m0/s1. The molecule has 1 unspecified atom stereocenters. The molecule has 1 aliphatic carbocycles. The van der Waals surface area contributed by atoms with E-state index in [1.807, 2.05) is 69.3 Å². The molecule has 0 saturated carbocycles. The maximum Gasteiger partial charge on any atom is 0.320 e. The number of nitrogens with zero attached hydrogens (tertiary/aromatic N) is 3. The van der Waals surface area contributed by atoms with E-state index in [1.165, 1.54) is 0 Å². The fraction of sp³-hybridized carbons (Fsp3) is 0.500. The molecular formula is C44H60N8O5. The number of hydrogen-bond acceptors (Lipinski definition) is 9. The van der Waals surface area contributed by atoms with Gasteiger partial charge >= 0.3 is 6.03 Å². The fourth-order valence-electron chi connectivity index (χ4n) is 7.61. The molecule has 57 heavy (non-hydrogen) atoms. The third kappa shape index (κ3) is 11.0. The second-order valence-corrected chi connectivity index (χ2v) is 16.3. The highest BCUT2D eigenvalue weighted by Gasteiger charge is 2.31. The van der Waals surface area contributed by atoms with Gasteiger partial charge in [0.05, 0.1) is 24.5 Å². The SMILES string of the molecule is C[C@@H]1CCC[C@H](C)N1C(=N)n1cc(O[C@@H]2CC[C@H](NC(=O)NC(C=C(N)C(C)(C)C)=Nc3cccc(OCCOC4CCCCO4)c3)c3ccccc32)ccc1=N. The van der Waals surface area contributed by atoms with E-state index in [-0.39, 0.29) is 41.4 Å². The van der Waals surface area contributed by atoms with Gasteiger partial charge in [-0.2, -0.15) is 0 Å². The highest BCUT2D eigenvalue weighted by atomic mass is 16.7. The van der Waals surface area contributed by atoms with Crippen molar-refractivity contribution in [3.63, 3.8) is 0 Å². The number of ether oxygens (including phenoxy) is 4. The van der Waals surface area contributed by atoms with Crippen LogP contribution in [0, 0.1) is 16.2 Å². The molecule has 0 bridgehead atoms. The number of allylic oxidation sites excluding steroid dienone is 1. The zero-order chi connectivity index (χ0) is 40.5. The first-order chi connectivity index (χ1) is 27.4. The summed E-state index contributed by atoms with van der Waals surface area (Å²) in [4.78, 5) is 20.6. The Labute approximate surface area is 336 Å². The van der Waals surface area contributed by atoms with Crippen molar-refractivity contribution in [1.82, 2.24) is 20.1 Å². The van der Waals surface area contributed by atoms with Crippen molar-refractivity contribution in [2.75, 3.05) is 19.8 Å². The van der Waals surface area contributed by atoms with Crippen LogP contribution < -0.4 is 31.3 Å². The van der Waals surface area contributed by atoms with Gasteiger partial charge in [0.25, 0.3) is 0 Å². The molecule has 0 spiro atoms. The van der Waals surface area contributed by atoms with Gasteiger partial charge in [-0.1, -0.05) is 51.1 Å². The molecule has 2 fully saturated rings. The molecule has 6 rings (SSSR count). The number of amidine groups is 1. The van der Waals surface area contributed by atoms with Crippen LogP contribution >= 0.6 is 0 Å². The van der Waals surface area contributed by atoms with Gasteiger partial charge in [-0.3, -0.25) is 20.7 Å². The first-order valence-corrected chi connectivity index (χ1v) is 20.4. The normalized spacial score (nSPS) is 23.0. The molecule has 3 heterocycles. The molecule has 13 heteroatoms. The smallest absolute Gasteiger partial charge is 0.320 e. The third-order valence-corrected chi connectivity index (χ3v) is 10.9. The lowest BCUT2D eigenvalue weighted by Gasteiger charge is -2.41. The minimum absolute atomic E-state index is 0.171. The van der Waals surface area contributed by atoms with E-state index in [1.54, 1.807) is 29.0 Å². The van der Waals surface area contributed by atoms with E-state index in [4.69, 9.17) is 40.5 Å². The number of nitrogens with two attached hydrogens (primary N) is 1. The predicted molar refractivity (Wildman–Crippen MR) is 222 cm³/mol. The molecule has 3 aromatic rings. The summed E-state index contributed by atoms with van der Waals surface area (Å²) in [5.74, 6) is 1.80. The number of carbonyl (C=O) groups is 1. The predicted octanol–water partition coefficient (Wildman–Crippen LogP) is 7.81. The Balaban J connectivity index is 1.13. The molecule has 2 aliphatic heterocycles. The van der Waals surface area contributed by atoms with Crippen molar-refractivity contribution in [2.24, 2.45) is 16.1 Å². The van der Waals surface area contributed by atoms with Crippen molar-refractivity contribution >= 4 is 23.5 Å². The summed E-state index contributed by atoms with van der Waals surface area (Å²) in [6.45, 7) is 11.8. The van der Waals surface area contributed by atoms with Gasteiger partial charge in [-0.05, 0) is 101 Å². The summed E-state index contributed by atoms with van der Waals surface area (Å²) in [6, 6.07) is 18.6. The quantitative estimate of drug-likeness (QED) is 0.0793. The highest BCUT2D eigenvalue weighted by molar-refractivity contribution is 6.05. The second kappa shape index (κ2) is 18.9. The van der Waals surface area contributed by atoms with Crippen LogP contribution in [-0.4, -0.2) is 65.5 Å². The number of benzene rings is 2. The minimum Gasteiger partial charge on any atom is -0.491 e. The molecule has 0 radical (unpaired) electrons. The van der Waals surface area contributed by atoms with Crippen LogP contribution in [0.1, 0.15) is 109 Å². The number of urea groups is 1. The topological polar surface area (TPSA) is 172 Å². The Morgan fingerprint density at radius 1 is 0.947 bits per heavy atom. The molecule has 5 atom stereocenters. The van der Waals surface area contributed by atoms with E-state index >= 15 is 0 Å². The van der Waals surface area contributed by atoms with Crippen molar-refractivity contribution in [1.29, 1.82) is 10.8 Å².